The molecule has 4 nitrogen and oxygen atoms in total. The van der Waals surface area contributed by atoms with Crippen molar-refractivity contribution in [3.63, 3.8) is 0 Å². The van der Waals surface area contributed by atoms with Crippen molar-refractivity contribution in [1.82, 2.24) is 0 Å². The minimum absolute atomic E-state index is 2.17. The summed E-state index contributed by atoms with van der Waals surface area (Å²) in [6.45, 7) is 0. The van der Waals surface area contributed by atoms with Crippen LogP contribution in [-0.2, 0) is 11.3 Å². The Kier molecular flexibility index (Phi) is 1.86. The summed E-state index contributed by atoms with van der Waals surface area (Å²) < 4.78 is 18.8. The van der Waals surface area contributed by atoms with Gasteiger partial charge in [-0.2, -0.15) is 5.53 Å². The van der Waals surface area contributed by atoms with E-state index in [-0.39, 0.29) is 0 Å². The Balaban J connectivity index is 3.20. The number of nitrogens with zero attached hydrogens (tertiary/aromatic N) is 1. The van der Waals surface area contributed by atoms with Crippen molar-refractivity contribution < 1.29 is 8.76 Å². The van der Waals surface area contributed by atoms with E-state index < -0.39 is 11.3 Å². The minimum Gasteiger partial charge on any atom is -0.287 e. The molecule has 0 fully saturated rings. The van der Waals surface area contributed by atoms with E-state index in [1.165, 1.54) is 0 Å². The quantitative estimate of drug-likeness (QED) is 0.358. The first-order chi connectivity index (χ1) is 2.27. The predicted molar refractivity (Wildman–Crippen MR) is 15.9 cm³/mol. The number of nitrogens with one attached hydrogen (secondary N) is 1. The third-order valence-electron chi connectivity index (χ3n) is 0.0781. The fourth-order valence-corrected chi connectivity index (χ4v) is 0. The first kappa shape index (κ1) is 4.71. The van der Waals surface area contributed by atoms with Gasteiger partial charge in [0.05, 0.1) is 0 Å². The van der Waals surface area contributed by atoms with Crippen molar-refractivity contribution in [2.75, 3.05) is 0 Å². The third kappa shape index (κ3) is 3.71. The maximum Gasteiger partial charge on any atom is 0.300 e. The molecule has 5 heteroatoms. The zero-order chi connectivity index (χ0) is 4.28. The van der Waals surface area contributed by atoms with E-state index in [1.807, 2.05) is 0 Å². The van der Waals surface area contributed by atoms with E-state index in [4.69, 9.17) is 14.3 Å². The molecule has 30 valence electrons. The van der Waals surface area contributed by atoms with Crippen molar-refractivity contribution in [1.29, 1.82) is 5.53 Å². The Bertz CT molecular complexity index is 58.7. The number of rotatable bonds is 1. The summed E-state index contributed by atoms with van der Waals surface area (Å²) in [4.78, 5) is 0. The molecule has 0 aliphatic rings. The molecular formula is H2N2O2S. The van der Waals surface area contributed by atoms with E-state index in [1.54, 1.807) is 0 Å². The zero-order valence-corrected chi connectivity index (χ0v) is 3.03. The Morgan fingerprint density at radius 2 is 2.20 bits per heavy atom. The van der Waals surface area contributed by atoms with E-state index in [9.17, 15) is 0 Å². The summed E-state index contributed by atoms with van der Waals surface area (Å²) in [5.74, 6) is 0. The van der Waals surface area contributed by atoms with Crippen LogP contribution in [0.4, 0.5) is 0 Å². The van der Waals surface area contributed by atoms with E-state index in [0.29, 0.717) is 0 Å². The second kappa shape index (κ2) is 1.98. The molecule has 5 heavy (non-hydrogen) atoms. The molecule has 0 aromatic heterocycles. The topological polar surface area (TPSA) is 73.5 Å². The van der Waals surface area contributed by atoms with Gasteiger partial charge in [0.1, 0.15) is 0 Å². The average molecular weight is 94.1 g/mol. The summed E-state index contributed by atoms with van der Waals surface area (Å²) in [7, 11) is 0. The van der Waals surface area contributed by atoms with Gasteiger partial charge in [-0.25, -0.2) is 4.21 Å². The molecule has 0 bridgehead atoms. The summed E-state index contributed by atoms with van der Waals surface area (Å²) in [6.07, 6.45) is 0. The molecule has 2 N–H and O–H groups in total. The molecule has 0 radical (unpaired) electrons. The van der Waals surface area contributed by atoms with Gasteiger partial charge in [0, 0.05) is 0 Å². The van der Waals surface area contributed by atoms with Crippen LogP contribution >= 0.6 is 0 Å². The van der Waals surface area contributed by atoms with Crippen molar-refractivity contribution in [2.45, 2.75) is 0 Å². The summed E-state index contributed by atoms with van der Waals surface area (Å²) in [5, 5.41) is 0. The van der Waals surface area contributed by atoms with Crippen molar-refractivity contribution in [3.8, 4) is 0 Å². The molecule has 0 amide bonds. The van der Waals surface area contributed by atoms with Crippen molar-refractivity contribution >= 4 is 11.3 Å². The van der Waals surface area contributed by atoms with Crippen LogP contribution in [0.15, 0.2) is 4.52 Å². The smallest absolute Gasteiger partial charge is 0.287 e. The third-order valence-corrected chi connectivity index (χ3v) is 0.234. The lowest BCUT2D eigenvalue weighted by Gasteiger charge is -1.62. The summed E-state index contributed by atoms with van der Waals surface area (Å²) in [6, 6.07) is 0. The minimum atomic E-state index is -2.28. The van der Waals surface area contributed by atoms with Crippen molar-refractivity contribution in [2.24, 2.45) is 4.52 Å². The lowest BCUT2D eigenvalue weighted by atomic mass is 13.3. The van der Waals surface area contributed by atoms with Gasteiger partial charge in [-0.05, 0) is 0 Å². The largest absolute Gasteiger partial charge is 0.300 e. The van der Waals surface area contributed by atoms with Crippen LogP contribution in [0.1, 0.15) is 0 Å². The van der Waals surface area contributed by atoms with Gasteiger partial charge in [-0.3, -0.25) is 4.55 Å². The van der Waals surface area contributed by atoms with E-state index in [0.717, 1.165) is 0 Å². The Morgan fingerprint density at radius 1 is 2.00 bits per heavy atom. The molecular weight excluding hydrogens is 92.1 g/mol. The molecule has 0 saturated carbocycles. The number of hydrogen-bond donors (Lipinski definition) is 2. The molecule has 0 aliphatic heterocycles. The first-order valence-electron chi connectivity index (χ1n) is 0.755. The van der Waals surface area contributed by atoms with Gasteiger partial charge in [-0.1, -0.05) is 4.52 Å². The summed E-state index contributed by atoms with van der Waals surface area (Å²) in [5.41, 5.74) is 5.73. The van der Waals surface area contributed by atoms with E-state index >= 15 is 0 Å². The molecule has 0 spiro atoms. The normalized spacial score (nSPS) is 13.8. The lowest BCUT2D eigenvalue weighted by molar-refractivity contribution is 0.562. The summed E-state index contributed by atoms with van der Waals surface area (Å²) >= 11 is -2.28. The average Bonchev–Trinajstić information content (AvgIpc) is 1.38. The monoisotopic (exact) mass is 94.0 g/mol. The molecule has 0 aromatic carbocycles. The van der Waals surface area contributed by atoms with Crippen LogP contribution in [-0.4, -0.2) is 8.76 Å². The molecule has 0 rings (SSSR count). The molecule has 0 aliphatic carbocycles. The van der Waals surface area contributed by atoms with Gasteiger partial charge < -0.3 is 0 Å². The standard InChI is InChI=1S/H2N2O2S/c1-2-5(3)4/h1H,(H,3,4). The maximum absolute atomic E-state index is 9.12. The van der Waals surface area contributed by atoms with Gasteiger partial charge in [0.2, 0.25) is 0 Å². The predicted octanol–water partition coefficient (Wildman–Crippen LogP) is 0.154. The van der Waals surface area contributed by atoms with Crippen LogP contribution in [0.2, 0.25) is 0 Å². The second-order valence-corrected chi connectivity index (χ2v) is 0.966. The zero-order valence-electron chi connectivity index (χ0n) is 2.21. The Hall–Kier alpha value is -0.290. The van der Waals surface area contributed by atoms with Gasteiger partial charge >= 0.3 is 11.3 Å². The number of hydrogen-bond acceptors (Lipinski definition) is 2. The van der Waals surface area contributed by atoms with Crippen molar-refractivity contribution in [3.05, 3.63) is 0 Å². The second-order valence-electron chi connectivity index (χ2n) is 0.322. The van der Waals surface area contributed by atoms with E-state index in [2.05, 4.69) is 4.52 Å². The van der Waals surface area contributed by atoms with Crippen LogP contribution in [0, 0.1) is 5.53 Å². The van der Waals surface area contributed by atoms with Crippen LogP contribution in [0.3, 0.4) is 0 Å². The Labute approximate surface area is 31.1 Å². The fraction of sp³-hybridized carbons (Fsp3) is 0. The maximum atomic E-state index is 9.12. The van der Waals surface area contributed by atoms with Crippen LogP contribution < -0.4 is 0 Å². The van der Waals surface area contributed by atoms with Crippen LogP contribution in [0.5, 0.6) is 0 Å². The highest BCUT2D eigenvalue weighted by atomic mass is 32.2. The molecule has 1 unspecified atom stereocenters. The lowest BCUT2D eigenvalue weighted by Crippen LogP contribution is -1.70. The van der Waals surface area contributed by atoms with Gasteiger partial charge in [0.25, 0.3) is 0 Å². The molecule has 0 aromatic rings. The SMILES string of the molecule is N=NS(=O)O. The highest BCUT2D eigenvalue weighted by Gasteiger charge is 1.72. The molecule has 0 heterocycles. The fourth-order valence-electron chi connectivity index (χ4n) is 0. The molecule has 0 saturated heterocycles. The highest BCUT2D eigenvalue weighted by molar-refractivity contribution is 7.77. The molecule has 1 atom stereocenters. The van der Waals surface area contributed by atoms with Gasteiger partial charge in [-0.15, -0.1) is 0 Å². The highest BCUT2D eigenvalue weighted by Crippen LogP contribution is 1.65. The van der Waals surface area contributed by atoms with Crippen LogP contribution in [0.25, 0.3) is 0 Å². The Morgan fingerprint density at radius 3 is 2.20 bits per heavy atom. The first-order valence-corrected chi connectivity index (χ1v) is 1.82. The van der Waals surface area contributed by atoms with Gasteiger partial charge in [0.15, 0.2) is 0 Å².